The SMILES string of the molecule is CC1(C)CCC(NC(=O)c2ccncc2)C1. The summed E-state index contributed by atoms with van der Waals surface area (Å²) in [6, 6.07) is 3.82. The Labute approximate surface area is 96.3 Å². The molecule has 1 aromatic rings. The fraction of sp³-hybridized carbons (Fsp3) is 0.538. The zero-order chi connectivity index (χ0) is 11.6. The number of nitrogens with one attached hydrogen (secondary N) is 1. The number of aromatic nitrogens is 1. The van der Waals surface area contributed by atoms with Crippen LogP contribution in [0.3, 0.4) is 0 Å². The van der Waals surface area contributed by atoms with E-state index in [1.54, 1.807) is 24.5 Å². The molecule has 1 saturated carbocycles. The fourth-order valence-electron chi connectivity index (χ4n) is 2.33. The molecule has 3 heteroatoms. The van der Waals surface area contributed by atoms with Crippen molar-refractivity contribution < 1.29 is 4.79 Å². The van der Waals surface area contributed by atoms with Crippen LogP contribution in [0.4, 0.5) is 0 Å². The normalized spacial score (nSPS) is 23.0. The largest absolute Gasteiger partial charge is 0.349 e. The Bertz CT molecular complexity index is 373. The first-order valence-corrected chi connectivity index (χ1v) is 5.78. The molecule has 3 nitrogen and oxygen atoms in total. The standard InChI is InChI=1S/C13H18N2O/c1-13(2)6-3-11(9-13)15-12(16)10-4-7-14-8-5-10/h4-5,7-8,11H,3,6,9H2,1-2H3,(H,15,16). The van der Waals surface area contributed by atoms with Gasteiger partial charge in [0.05, 0.1) is 0 Å². The minimum absolute atomic E-state index is 0.0186. The summed E-state index contributed by atoms with van der Waals surface area (Å²) >= 11 is 0. The number of carbonyl (C=O) groups is 1. The highest BCUT2D eigenvalue weighted by molar-refractivity contribution is 5.94. The molecule has 86 valence electrons. The van der Waals surface area contributed by atoms with Crippen molar-refractivity contribution in [2.75, 3.05) is 0 Å². The molecule has 1 atom stereocenters. The minimum Gasteiger partial charge on any atom is -0.349 e. The average molecular weight is 218 g/mol. The molecule has 16 heavy (non-hydrogen) atoms. The summed E-state index contributed by atoms with van der Waals surface area (Å²) in [5.41, 5.74) is 1.07. The Morgan fingerprint density at radius 1 is 1.44 bits per heavy atom. The van der Waals surface area contributed by atoms with Gasteiger partial charge in [0.25, 0.3) is 5.91 Å². The van der Waals surface area contributed by atoms with Crippen molar-refractivity contribution in [3.63, 3.8) is 0 Å². The predicted octanol–water partition coefficient (Wildman–Crippen LogP) is 2.39. The monoisotopic (exact) mass is 218 g/mol. The predicted molar refractivity (Wildman–Crippen MR) is 63.1 cm³/mol. The second-order valence-corrected chi connectivity index (χ2v) is 5.31. The van der Waals surface area contributed by atoms with Gasteiger partial charge in [0.1, 0.15) is 0 Å². The molecule has 0 spiro atoms. The lowest BCUT2D eigenvalue weighted by molar-refractivity contribution is 0.0936. The van der Waals surface area contributed by atoms with Gasteiger partial charge in [0.15, 0.2) is 0 Å². The number of hydrogen-bond donors (Lipinski definition) is 1. The van der Waals surface area contributed by atoms with Crippen LogP contribution in [-0.2, 0) is 0 Å². The van der Waals surface area contributed by atoms with E-state index in [2.05, 4.69) is 24.1 Å². The van der Waals surface area contributed by atoms with E-state index in [-0.39, 0.29) is 5.91 Å². The van der Waals surface area contributed by atoms with Gasteiger partial charge in [0.2, 0.25) is 0 Å². The molecule has 0 radical (unpaired) electrons. The van der Waals surface area contributed by atoms with E-state index < -0.39 is 0 Å². The first-order chi connectivity index (χ1) is 7.57. The van der Waals surface area contributed by atoms with Gasteiger partial charge in [-0.2, -0.15) is 0 Å². The molecular formula is C13H18N2O. The Hall–Kier alpha value is -1.38. The number of hydrogen-bond acceptors (Lipinski definition) is 2. The van der Waals surface area contributed by atoms with Gasteiger partial charge in [-0.1, -0.05) is 13.8 Å². The summed E-state index contributed by atoms with van der Waals surface area (Å²) in [4.78, 5) is 15.8. The third-order valence-electron chi connectivity index (χ3n) is 3.25. The maximum absolute atomic E-state index is 11.9. The van der Waals surface area contributed by atoms with E-state index in [1.807, 2.05) is 0 Å². The van der Waals surface area contributed by atoms with E-state index in [1.165, 1.54) is 6.42 Å². The summed E-state index contributed by atoms with van der Waals surface area (Å²) in [5, 5.41) is 3.08. The van der Waals surface area contributed by atoms with Gasteiger partial charge in [0, 0.05) is 24.0 Å². The van der Waals surface area contributed by atoms with Crippen LogP contribution in [-0.4, -0.2) is 16.9 Å². The highest BCUT2D eigenvalue weighted by Crippen LogP contribution is 2.36. The highest BCUT2D eigenvalue weighted by Gasteiger charge is 2.31. The van der Waals surface area contributed by atoms with Gasteiger partial charge >= 0.3 is 0 Å². The molecule has 0 saturated heterocycles. The lowest BCUT2D eigenvalue weighted by Crippen LogP contribution is -2.33. The van der Waals surface area contributed by atoms with Gasteiger partial charge in [-0.05, 0) is 36.8 Å². The van der Waals surface area contributed by atoms with Crippen molar-refractivity contribution in [3.05, 3.63) is 30.1 Å². The Balaban J connectivity index is 1.94. The van der Waals surface area contributed by atoms with Crippen molar-refractivity contribution in [1.29, 1.82) is 0 Å². The van der Waals surface area contributed by atoms with Gasteiger partial charge in [-0.15, -0.1) is 0 Å². The molecule has 1 aromatic heterocycles. The summed E-state index contributed by atoms with van der Waals surface area (Å²) < 4.78 is 0. The second kappa shape index (κ2) is 4.24. The van der Waals surface area contributed by atoms with Gasteiger partial charge in [-0.3, -0.25) is 9.78 Å². The van der Waals surface area contributed by atoms with E-state index in [4.69, 9.17) is 0 Å². The van der Waals surface area contributed by atoms with Crippen molar-refractivity contribution in [2.45, 2.75) is 39.2 Å². The first-order valence-electron chi connectivity index (χ1n) is 5.78. The van der Waals surface area contributed by atoms with Crippen LogP contribution in [0, 0.1) is 5.41 Å². The van der Waals surface area contributed by atoms with Crippen LogP contribution >= 0.6 is 0 Å². The van der Waals surface area contributed by atoms with Gasteiger partial charge in [-0.25, -0.2) is 0 Å². The summed E-state index contributed by atoms with van der Waals surface area (Å²) in [7, 11) is 0. The number of pyridine rings is 1. The van der Waals surface area contributed by atoms with Crippen molar-refractivity contribution in [3.8, 4) is 0 Å². The zero-order valence-electron chi connectivity index (χ0n) is 9.86. The van der Waals surface area contributed by atoms with Crippen molar-refractivity contribution in [2.24, 2.45) is 5.41 Å². The Kier molecular flexibility index (Phi) is 2.95. The van der Waals surface area contributed by atoms with E-state index in [0.717, 1.165) is 12.8 Å². The zero-order valence-corrected chi connectivity index (χ0v) is 9.86. The topological polar surface area (TPSA) is 42.0 Å². The molecule has 1 aliphatic carbocycles. The number of carbonyl (C=O) groups excluding carboxylic acids is 1. The first kappa shape index (κ1) is 11.1. The lowest BCUT2D eigenvalue weighted by atomic mass is 9.92. The maximum Gasteiger partial charge on any atom is 0.251 e. The molecule has 1 N–H and O–H groups in total. The van der Waals surface area contributed by atoms with Crippen LogP contribution in [0.2, 0.25) is 0 Å². The van der Waals surface area contributed by atoms with E-state index in [9.17, 15) is 4.79 Å². The van der Waals surface area contributed by atoms with Crippen molar-refractivity contribution in [1.82, 2.24) is 10.3 Å². The molecule has 1 unspecified atom stereocenters. The Morgan fingerprint density at radius 2 is 2.12 bits per heavy atom. The van der Waals surface area contributed by atoms with Gasteiger partial charge < -0.3 is 5.32 Å². The molecule has 1 heterocycles. The van der Waals surface area contributed by atoms with Crippen LogP contribution in [0.1, 0.15) is 43.5 Å². The molecular weight excluding hydrogens is 200 g/mol. The maximum atomic E-state index is 11.9. The molecule has 0 bridgehead atoms. The van der Waals surface area contributed by atoms with Crippen LogP contribution in [0.25, 0.3) is 0 Å². The average Bonchev–Trinajstić information content (AvgIpc) is 2.59. The summed E-state index contributed by atoms with van der Waals surface area (Å²) in [6.07, 6.45) is 6.64. The Morgan fingerprint density at radius 3 is 2.69 bits per heavy atom. The quantitative estimate of drug-likeness (QED) is 0.828. The smallest absolute Gasteiger partial charge is 0.251 e. The van der Waals surface area contributed by atoms with E-state index in [0.29, 0.717) is 17.0 Å². The van der Waals surface area contributed by atoms with E-state index >= 15 is 0 Å². The van der Waals surface area contributed by atoms with Crippen LogP contribution < -0.4 is 5.32 Å². The lowest BCUT2D eigenvalue weighted by Gasteiger charge is -2.17. The molecule has 1 fully saturated rings. The molecule has 0 aliphatic heterocycles. The summed E-state index contributed by atoms with van der Waals surface area (Å²) in [5.74, 6) is 0.0186. The third-order valence-corrected chi connectivity index (χ3v) is 3.25. The van der Waals surface area contributed by atoms with Crippen LogP contribution in [0.5, 0.6) is 0 Å². The minimum atomic E-state index is 0.0186. The molecule has 1 aliphatic rings. The van der Waals surface area contributed by atoms with Crippen molar-refractivity contribution >= 4 is 5.91 Å². The molecule has 1 amide bonds. The highest BCUT2D eigenvalue weighted by atomic mass is 16.1. The van der Waals surface area contributed by atoms with Crippen LogP contribution in [0.15, 0.2) is 24.5 Å². The second-order valence-electron chi connectivity index (χ2n) is 5.31. The number of amides is 1. The molecule has 0 aromatic carbocycles. The fourth-order valence-corrected chi connectivity index (χ4v) is 2.33. The summed E-state index contributed by atoms with van der Waals surface area (Å²) in [6.45, 7) is 4.51. The number of rotatable bonds is 2. The number of nitrogens with zero attached hydrogens (tertiary/aromatic N) is 1. The molecule has 2 rings (SSSR count). The third kappa shape index (κ3) is 2.60.